The third-order valence-electron chi connectivity index (χ3n) is 3.45. The smallest absolute Gasteiger partial charge is 0.335 e. The minimum atomic E-state index is -3.46. The average Bonchev–Trinajstić information content (AvgIpc) is 3.07. The summed E-state index contributed by atoms with van der Waals surface area (Å²) in [6.07, 6.45) is 3.93. The number of aryl methyl sites for hydroxylation is 1. The van der Waals surface area contributed by atoms with Gasteiger partial charge in [-0.3, -0.25) is 4.79 Å². The van der Waals surface area contributed by atoms with Crippen molar-refractivity contribution in [2.45, 2.75) is 30.9 Å². The van der Waals surface area contributed by atoms with Crippen molar-refractivity contribution in [2.24, 2.45) is 0 Å². The first kappa shape index (κ1) is 18.9. The Morgan fingerprint density at radius 2 is 2.04 bits per heavy atom. The molecule has 0 saturated carbocycles. The number of hydrogen-bond acceptors (Lipinski definition) is 7. The van der Waals surface area contributed by atoms with Gasteiger partial charge in [-0.25, -0.2) is 8.42 Å². The Morgan fingerprint density at radius 3 is 2.72 bits per heavy atom. The number of carbonyl (C=O) groups excluding carboxylic acids is 1. The Balaban J connectivity index is 1.66. The summed E-state index contributed by atoms with van der Waals surface area (Å²) >= 11 is 0. The summed E-state index contributed by atoms with van der Waals surface area (Å²) in [5.41, 5.74) is 0.554. The zero-order chi connectivity index (χ0) is 18.3. The first-order chi connectivity index (χ1) is 11.9. The molecule has 0 saturated heterocycles. The topological polar surface area (TPSA) is 111 Å². The molecule has 0 bridgehead atoms. The second kappa shape index (κ2) is 8.61. The lowest BCUT2D eigenvalue weighted by molar-refractivity contribution is 0.0952. The fourth-order valence-electron chi connectivity index (χ4n) is 2.14. The second-order valence-electron chi connectivity index (χ2n) is 5.53. The van der Waals surface area contributed by atoms with Crippen LogP contribution in [-0.4, -0.2) is 44.4 Å². The van der Waals surface area contributed by atoms with Crippen LogP contribution in [0, 0.1) is 0 Å². The quantitative estimate of drug-likeness (QED) is 0.670. The molecular formula is C16H21N3O5S. The highest BCUT2D eigenvalue weighted by atomic mass is 32.2. The van der Waals surface area contributed by atoms with Crippen LogP contribution in [0.2, 0.25) is 0 Å². The molecule has 0 atom stereocenters. The predicted molar refractivity (Wildman–Crippen MR) is 90.3 cm³/mol. The van der Waals surface area contributed by atoms with E-state index in [1.54, 1.807) is 31.4 Å². The molecule has 0 unspecified atom stereocenters. The molecule has 1 heterocycles. The largest absolute Gasteiger partial charge is 0.497 e. The summed E-state index contributed by atoms with van der Waals surface area (Å²) in [6.45, 7) is 0.550. The molecule has 0 fully saturated rings. The van der Waals surface area contributed by atoms with Gasteiger partial charge < -0.3 is 14.5 Å². The van der Waals surface area contributed by atoms with E-state index in [-0.39, 0.29) is 11.1 Å². The van der Waals surface area contributed by atoms with E-state index < -0.39 is 9.84 Å². The SMILES string of the molecule is COc1cccc(C(=O)NCCCCCc2nnc(S(C)(=O)=O)o2)c1. The zero-order valence-electron chi connectivity index (χ0n) is 14.2. The van der Waals surface area contributed by atoms with Crippen molar-refractivity contribution in [3.8, 4) is 5.75 Å². The van der Waals surface area contributed by atoms with Crippen LogP contribution in [0.1, 0.15) is 35.5 Å². The highest BCUT2D eigenvalue weighted by Gasteiger charge is 2.16. The van der Waals surface area contributed by atoms with Gasteiger partial charge in [-0.05, 0) is 31.0 Å². The van der Waals surface area contributed by atoms with Crippen molar-refractivity contribution in [1.29, 1.82) is 0 Å². The second-order valence-corrected chi connectivity index (χ2v) is 7.43. The number of methoxy groups -OCH3 is 1. The normalized spacial score (nSPS) is 11.3. The number of amides is 1. The molecule has 1 aromatic carbocycles. The Hall–Kier alpha value is -2.42. The number of aromatic nitrogens is 2. The Kier molecular flexibility index (Phi) is 6.51. The van der Waals surface area contributed by atoms with Crippen LogP contribution in [-0.2, 0) is 16.3 Å². The van der Waals surface area contributed by atoms with Gasteiger partial charge in [0.1, 0.15) is 5.75 Å². The van der Waals surface area contributed by atoms with Gasteiger partial charge in [0.05, 0.1) is 7.11 Å². The van der Waals surface area contributed by atoms with Gasteiger partial charge in [0.15, 0.2) is 0 Å². The third kappa shape index (κ3) is 5.86. The van der Waals surface area contributed by atoms with Crippen LogP contribution in [0.15, 0.2) is 33.9 Å². The molecule has 8 nitrogen and oxygen atoms in total. The van der Waals surface area contributed by atoms with Gasteiger partial charge in [0, 0.05) is 24.8 Å². The van der Waals surface area contributed by atoms with Crippen molar-refractivity contribution < 1.29 is 22.4 Å². The number of nitrogens with one attached hydrogen (secondary N) is 1. The summed E-state index contributed by atoms with van der Waals surface area (Å²) in [5, 5.41) is 9.70. The standard InChI is InChI=1S/C16H21N3O5S/c1-23-13-8-6-7-12(11-13)15(20)17-10-5-3-4-9-14-18-19-16(24-14)25(2,21)22/h6-8,11H,3-5,9-10H2,1-2H3,(H,17,20). The number of hydrogen-bond donors (Lipinski definition) is 1. The van der Waals surface area contributed by atoms with Crippen LogP contribution in [0.3, 0.4) is 0 Å². The molecule has 1 N–H and O–H groups in total. The van der Waals surface area contributed by atoms with E-state index in [1.165, 1.54) is 0 Å². The van der Waals surface area contributed by atoms with Gasteiger partial charge in [0.25, 0.3) is 5.91 Å². The molecule has 136 valence electrons. The van der Waals surface area contributed by atoms with Crippen LogP contribution in [0.25, 0.3) is 0 Å². The Morgan fingerprint density at radius 1 is 1.24 bits per heavy atom. The number of ether oxygens (including phenoxy) is 1. The minimum Gasteiger partial charge on any atom is -0.497 e. The molecule has 0 spiro atoms. The summed E-state index contributed by atoms with van der Waals surface area (Å²) in [7, 11) is -1.90. The monoisotopic (exact) mass is 367 g/mol. The maximum absolute atomic E-state index is 12.0. The fraction of sp³-hybridized carbons (Fsp3) is 0.438. The predicted octanol–water partition coefficient (Wildman–Crippen LogP) is 1.62. The summed E-state index contributed by atoms with van der Waals surface area (Å²) in [4.78, 5) is 12.0. The molecule has 9 heteroatoms. The molecule has 0 aliphatic heterocycles. The molecule has 1 aromatic heterocycles. The number of benzene rings is 1. The number of sulfone groups is 1. The third-order valence-corrected chi connectivity index (χ3v) is 4.25. The van der Waals surface area contributed by atoms with Crippen molar-refractivity contribution >= 4 is 15.7 Å². The molecule has 1 amide bonds. The molecule has 2 aromatic rings. The van der Waals surface area contributed by atoms with Gasteiger partial charge in [0.2, 0.25) is 15.7 Å². The number of rotatable bonds is 9. The lowest BCUT2D eigenvalue weighted by Crippen LogP contribution is -2.24. The minimum absolute atomic E-state index is 0.145. The van der Waals surface area contributed by atoms with Crippen molar-refractivity contribution in [2.75, 3.05) is 19.9 Å². The maximum atomic E-state index is 12.0. The first-order valence-electron chi connectivity index (χ1n) is 7.85. The van der Waals surface area contributed by atoms with Gasteiger partial charge >= 0.3 is 5.22 Å². The van der Waals surface area contributed by atoms with Crippen molar-refractivity contribution in [1.82, 2.24) is 15.5 Å². The highest BCUT2D eigenvalue weighted by molar-refractivity contribution is 7.90. The van der Waals surface area contributed by atoms with E-state index in [9.17, 15) is 13.2 Å². The van der Waals surface area contributed by atoms with E-state index in [1.807, 2.05) is 0 Å². The molecule has 2 rings (SSSR count). The molecule has 0 aliphatic carbocycles. The van der Waals surface area contributed by atoms with E-state index in [0.29, 0.717) is 30.2 Å². The number of carbonyl (C=O) groups is 1. The van der Waals surface area contributed by atoms with Crippen LogP contribution in [0.4, 0.5) is 0 Å². The molecular weight excluding hydrogens is 346 g/mol. The molecule has 25 heavy (non-hydrogen) atoms. The average molecular weight is 367 g/mol. The van der Waals surface area contributed by atoms with Gasteiger partial charge in [-0.1, -0.05) is 17.6 Å². The van der Waals surface area contributed by atoms with E-state index in [4.69, 9.17) is 9.15 Å². The van der Waals surface area contributed by atoms with Crippen LogP contribution in [0.5, 0.6) is 5.75 Å². The van der Waals surface area contributed by atoms with Crippen molar-refractivity contribution in [3.05, 3.63) is 35.7 Å². The van der Waals surface area contributed by atoms with Gasteiger partial charge in [-0.15, -0.1) is 5.10 Å². The fourth-order valence-corrected chi connectivity index (χ4v) is 2.57. The number of nitrogens with zero attached hydrogens (tertiary/aromatic N) is 2. The Bertz CT molecular complexity index is 817. The molecule has 0 radical (unpaired) electrons. The summed E-state index contributed by atoms with van der Waals surface area (Å²) in [5.74, 6) is 0.801. The van der Waals surface area contributed by atoms with E-state index in [2.05, 4.69) is 15.5 Å². The lowest BCUT2D eigenvalue weighted by Gasteiger charge is -2.06. The number of unbranched alkanes of at least 4 members (excludes halogenated alkanes) is 2. The maximum Gasteiger partial charge on any atom is 0.335 e. The van der Waals surface area contributed by atoms with E-state index >= 15 is 0 Å². The lowest BCUT2D eigenvalue weighted by atomic mass is 10.1. The summed E-state index contributed by atoms with van der Waals surface area (Å²) < 4.78 is 32.6. The van der Waals surface area contributed by atoms with Crippen LogP contribution < -0.4 is 10.1 Å². The first-order valence-corrected chi connectivity index (χ1v) is 9.74. The summed E-state index contributed by atoms with van der Waals surface area (Å²) in [6, 6.07) is 6.96. The van der Waals surface area contributed by atoms with Crippen LogP contribution >= 0.6 is 0 Å². The van der Waals surface area contributed by atoms with Crippen molar-refractivity contribution in [3.63, 3.8) is 0 Å². The highest BCUT2D eigenvalue weighted by Crippen LogP contribution is 2.12. The van der Waals surface area contributed by atoms with Gasteiger partial charge in [-0.2, -0.15) is 0 Å². The zero-order valence-corrected chi connectivity index (χ0v) is 15.0. The molecule has 0 aliphatic rings. The van der Waals surface area contributed by atoms with E-state index in [0.717, 1.165) is 25.5 Å². The Labute approximate surface area is 146 Å².